The zero-order valence-corrected chi connectivity index (χ0v) is 18.6. The molecule has 0 radical (unpaired) electrons. The fraction of sp³-hybridized carbons (Fsp3) is 0.0800. The van der Waals surface area contributed by atoms with E-state index < -0.39 is 0 Å². The molecule has 0 atom stereocenters. The minimum atomic E-state index is 0.0515. The van der Waals surface area contributed by atoms with Gasteiger partial charge in [0.05, 0.1) is 24.2 Å². The van der Waals surface area contributed by atoms with E-state index >= 15 is 0 Å². The summed E-state index contributed by atoms with van der Waals surface area (Å²) in [5.74, 6) is 3.54. The minimum Gasteiger partial charge on any atom is -0.508 e. The van der Waals surface area contributed by atoms with Crippen molar-refractivity contribution in [1.82, 2.24) is 20.3 Å². The number of ether oxygens (including phenoxy) is 2. The van der Waals surface area contributed by atoms with Crippen LogP contribution < -0.4 is 20.1 Å². The second kappa shape index (κ2) is 7.54. The molecule has 0 fully saturated rings. The Labute approximate surface area is 198 Å². The number of nitrogens with zero attached hydrogens (tertiary/aromatic N) is 3. The average Bonchev–Trinajstić information content (AvgIpc) is 2.82. The standard InChI is InChI=1S/C25H16ClN5O3/c1-3-12-5-4-6-13-7-16(32)9-17(18(12)13)21-20(26)22-19-23(30-25(33-2)31-24(19)29-21)27-10-14-8-15(28-14)11-34-22/h1,4-10,28,32H,11H2,2H3,(H,27,29,30,31)/b14-10+. The third kappa shape index (κ3) is 3.06. The van der Waals surface area contributed by atoms with E-state index in [4.69, 9.17) is 32.5 Å². The van der Waals surface area contributed by atoms with Crippen LogP contribution in [0.1, 0.15) is 5.56 Å². The van der Waals surface area contributed by atoms with Gasteiger partial charge >= 0.3 is 6.01 Å². The smallest absolute Gasteiger partial charge is 0.320 e. The van der Waals surface area contributed by atoms with Crippen molar-refractivity contribution in [3.63, 3.8) is 0 Å². The molecule has 166 valence electrons. The Morgan fingerprint density at radius 1 is 1.21 bits per heavy atom. The summed E-state index contributed by atoms with van der Waals surface area (Å²) in [6, 6.07) is 8.87. The molecule has 0 saturated carbocycles. The highest BCUT2D eigenvalue weighted by atomic mass is 35.5. The Kier molecular flexibility index (Phi) is 4.47. The van der Waals surface area contributed by atoms with Crippen molar-refractivity contribution in [2.24, 2.45) is 0 Å². The van der Waals surface area contributed by atoms with Crippen LogP contribution in [-0.4, -0.2) is 33.8 Å². The van der Waals surface area contributed by atoms with E-state index in [-0.39, 0.29) is 23.4 Å². The van der Waals surface area contributed by atoms with E-state index in [9.17, 15) is 5.11 Å². The Morgan fingerprint density at radius 2 is 2.06 bits per heavy atom. The number of hydrogen-bond acceptors (Lipinski definition) is 8. The van der Waals surface area contributed by atoms with Crippen LogP contribution in [0.25, 0.3) is 33.1 Å². The number of pyridine rings is 1. The topological polar surface area (TPSA) is 101 Å². The number of phenolic OH excluding ortho intramolecular Hbond substituents is 1. The first-order valence-electron chi connectivity index (χ1n) is 10.3. The molecule has 2 aromatic heterocycles. The summed E-state index contributed by atoms with van der Waals surface area (Å²) in [6.07, 6.45) is 9.52. The van der Waals surface area contributed by atoms with Gasteiger partial charge in [-0.05, 0) is 29.7 Å². The van der Waals surface area contributed by atoms with Crippen molar-refractivity contribution in [3.8, 4) is 41.1 Å². The molecule has 3 N–H and O–H groups in total. The number of halogens is 1. The quantitative estimate of drug-likeness (QED) is 0.373. The van der Waals surface area contributed by atoms with Crippen molar-refractivity contribution < 1.29 is 14.6 Å². The summed E-state index contributed by atoms with van der Waals surface area (Å²) < 4.78 is 11.5. The summed E-state index contributed by atoms with van der Waals surface area (Å²) in [6.45, 7) is 0.261. The number of rotatable bonds is 2. The van der Waals surface area contributed by atoms with Gasteiger partial charge in [-0.25, -0.2) is 4.98 Å². The highest BCUT2D eigenvalue weighted by Gasteiger charge is 2.25. The van der Waals surface area contributed by atoms with E-state index in [1.165, 1.54) is 7.11 Å². The summed E-state index contributed by atoms with van der Waals surface area (Å²) in [7, 11) is 1.48. The Morgan fingerprint density at radius 3 is 2.85 bits per heavy atom. The molecule has 0 aliphatic carbocycles. The van der Waals surface area contributed by atoms with Crippen molar-refractivity contribution in [2.75, 3.05) is 19.0 Å². The molecule has 2 bridgehead atoms. The second-order valence-electron chi connectivity index (χ2n) is 7.73. The van der Waals surface area contributed by atoms with Crippen molar-refractivity contribution in [1.29, 1.82) is 0 Å². The summed E-state index contributed by atoms with van der Waals surface area (Å²) >= 11 is 6.94. The molecule has 5 heterocycles. The number of allylic oxidation sites excluding steroid dienone is 1. The van der Waals surface area contributed by atoms with Crippen LogP contribution in [0.15, 0.2) is 54.0 Å². The van der Waals surface area contributed by atoms with Crippen LogP contribution in [0.3, 0.4) is 0 Å². The first-order chi connectivity index (χ1) is 16.6. The van der Waals surface area contributed by atoms with Gasteiger partial charge in [0, 0.05) is 22.7 Å². The number of aromatic hydroxyl groups is 1. The molecule has 9 heteroatoms. The lowest BCUT2D eigenvalue weighted by Gasteiger charge is -2.25. The Balaban J connectivity index is 1.71. The van der Waals surface area contributed by atoms with E-state index in [0.717, 1.165) is 22.2 Å². The molecule has 7 rings (SSSR count). The molecule has 8 nitrogen and oxygen atoms in total. The molecule has 0 amide bonds. The SMILES string of the molecule is C#Cc1cccc2cc(O)cc(-c3nc4nc(OC)nc5c4c(c3Cl)OCC3=C/C(=C\N5)N3)c12. The van der Waals surface area contributed by atoms with Crippen molar-refractivity contribution in [3.05, 3.63) is 64.6 Å². The van der Waals surface area contributed by atoms with Crippen LogP contribution in [0.4, 0.5) is 5.82 Å². The predicted molar refractivity (Wildman–Crippen MR) is 130 cm³/mol. The van der Waals surface area contributed by atoms with Crippen LogP contribution in [0.5, 0.6) is 17.5 Å². The highest BCUT2D eigenvalue weighted by molar-refractivity contribution is 6.36. The van der Waals surface area contributed by atoms with Gasteiger partial charge in [-0.3, -0.25) is 0 Å². The molecule has 3 aliphatic rings. The maximum absolute atomic E-state index is 10.5. The lowest BCUT2D eigenvalue weighted by atomic mass is 9.96. The van der Waals surface area contributed by atoms with Gasteiger partial charge in [0.2, 0.25) is 0 Å². The Hall–Kier alpha value is -4.48. The first-order valence-corrected chi connectivity index (χ1v) is 10.7. The number of terminal acetylenes is 1. The van der Waals surface area contributed by atoms with E-state index in [1.54, 1.807) is 18.3 Å². The minimum absolute atomic E-state index is 0.0515. The van der Waals surface area contributed by atoms with Crippen LogP contribution >= 0.6 is 11.6 Å². The largest absolute Gasteiger partial charge is 0.508 e. The average molecular weight is 470 g/mol. The molecule has 34 heavy (non-hydrogen) atoms. The van der Waals surface area contributed by atoms with E-state index in [0.29, 0.717) is 39.4 Å². The molecular weight excluding hydrogens is 454 g/mol. The number of phenols is 1. The number of anilines is 1. The zero-order valence-electron chi connectivity index (χ0n) is 17.8. The van der Waals surface area contributed by atoms with Crippen LogP contribution in [-0.2, 0) is 0 Å². The molecule has 2 aromatic carbocycles. The van der Waals surface area contributed by atoms with Crippen molar-refractivity contribution in [2.45, 2.75) is 0 Å². The lowest BCUT2D eigenvalue weighted by molar-refractivity contribution is 0.344. The maximum Gasteiger partial charge on any atom is 0.320 e. The number of fused-ring (bicyclic) bond motifs is 3. The second-order valence-corrected chi connectivity index (χ2v) is 8.11. The molecule has 4 aromatic rings. The third-order valence-corrected chi connectivity index (χ3v) is 6.00. The fourth-order valence-electron chi connectivity index (χ4n) is 4.14. The monoisotopic (exact) mass is 469 g/mol. The summed E-state index contributed by atoms with van der Waals surface area (Å²) in [4.78, 5) is 13.6. The summed E-state index contributed by atoms with van der Waals surface area (Å²) in [5.41, 5.74) is 3.66. The van der Waals surface area contributed by atoms with Crippen molar-refractivity contribution >= 4 is 39.2 Å². The zero-order chi connectivity index (χ0) is 23.4. The van der Waals surface area contributed by atoms with Crippen LogP contribution in [0, 0.1) is 12.3 Å². The van der Waals surface area contributed by atoms with Gasteiger partial charge in [0.1, 0.15) is 22.8 Å². The first kappa shape index (κ1) is 20.1. The van der Waals surface area contributed by atoms with Crippen LogP contribution in [0.2, 0.25) is 5.02 Å². The summed E-state index contributed by atoms with van der Waals surface area (Å²) in [5, 5.41) is 19.1. The van der Waals surface area contributed by atoms with Gasteiger partial charge in [0.25, 0.3) is 0 Å². The number of nitrogens with one attached hydrogen (secondary N) is 2. The van der Waals surface area contributed by atoms with Gasteiger partial charge < -0.3 is 25.2 Å². The molecule has 0 spiro atoms. The maximum atomic E-state index is 10.5. The molecular formula is C25H16ClN5O3. The fourth-order valence-corrected chi connectivity index (χ4v) is 4.43. The predicted octanol–water partition coefficient (Wildman–Crippen LogP) is 4.33. The van der Waals surface area contributed by atoms with Gasteiger partial charge in [-0.1, -0.05) is 29.7 Å². The number of hydrogen-bond donors (Lipinski definition) is 3. The molecule has 0 saturated heterocycles. The van der Waals surface area contributed by atoms with Gasteiger partial charge in [0.15, 0.2) is 17.2 Å². The highest BCUT2D eigenvalue weighted by Crippen LogP contribution is 2.45. The van der Waals surface area contributed by atoms with E-state index in [1.807, 2.05) is 24.3 Å². The van der Waals surface area contributed by atoms with E-state index in [2.05, 4.69) is 26.5 Å². The van der Waals surface area contributed by atoms with Gasteiger partial charge in [-0.15, -0.1) is 6.42 Å². The molecule has 0 unspecified atom stereocenters. The Bertz CT molecular complexity index is 1640. The number of methoxy groups -OCH3 is 1. The lowest BCUT2D eigenvalue weighted by Crippen LogP contribution is -2.27. The number of benzene rings is 2. The molecule has 3 aliphatic heterocycles. The third-order valence-electron chi connectivity index (χ3n) is 5.65. The number of aromatic nitrogens is 3. The van der Waals surface area contributed by atoms with Gasteiger partial charge in [-0.2, -0.15) is 9.97 Å². The normalized spacial score (nSPS) is 15.6.